The van der Waals surface area contributed by atoms with E-state index in [1.165, 1.54) is 0 Å². The zero-order valence-electron chi connectivity index (χ0n) is 12.1. The van der Waals surface area contributed by atoms with E-state index in [2.05, 4.69) is 29.5 Å². The van der Waals surface area contributed by atoms with Gasteiger partial charge in [-0.3, -0.25) is 4.79 Å². The van der Waals surface area contributed by atoms with Gasteiger partial charge in [0.2, 0.25) is 5.91 Å². The van der Waals surface area contributed by atoms with Crippen LogP contribution in [-0.4, -0.2) is 35.1 Å². The fraction of sp³-hybridized carbons (Fsp3) is 0.714. The third-order valence-corrected chi connectivity index (χ3v) is 2.85. The second-order valence-electron chi connectivity index (χ2n) is 4.74. The lowest BCUT2D eigenvalue weighted by Gasteiger charge is -2.04. The first-order chi connectivity index (χ1) is 9.26. The Bertz CT molecular complexity index is 362. The number of unbranched alkanes of at least 4 members (excludes halogenated alkanes) is 1. The molecule has 0 spiro atoms. The molecule has 108 valence electrons. The molecule has 0 saturated carbocycles. The molecule has 19 heavy (non-hydrogen) atoms. The molecule has 0 saturated heterocycles. The van der Waals surface area contributed by atoms with E-state index in [0.29, 0.717) is 6.54 Å². The number of carbonyl (C=O) groups excluding carboxylic acids is 1. The van der Waals surface area contributed by atoms with Gasteiger partial charge in [-0.05, 0) is 19.4 Å². The minimum absolute atomic E-state index is 0.0570. The van der Waals surface area contributed by atoms with E-state index in [9.17, 15) is 4.79 Å². The van der Waals surface area contributed by atoms with Gasteiger partial charge in [0.05, 0.1) is 12.0 Å². The Balaban J connectivity index is 2.24. The van der Waals surface area contributed by atoms with Crippen molar-refractivity contribution in [2.24, 2.45) is 0 Å². The first-order valence-corrected chi connectivity index (χ1v) is 7.24. The normalized spacial score (nSPS) is 10.6. The summed E-state index contributed by atoms with van der Waals surface area (Å²) < 4.78 is 1.84. The highest BCUT2D eigenvalue weighted by atomic mass is 16.1. The van der Waals surface area contributed by atoms with Crippen molar-refractivity contribution in [1.29, 1.82) is 0 Å². The number of nitrogens with one attached hydrogen (secondary N) is 2. The highest BCUT2D eigenvalue weighted by Gasteiger charge is 2.03. The van der Waals surface area contributed by atoms with Crippen LogP contribution in [0.2, 0.25) is 0 Å². The van der Waals surface area contributed by atoms with Crippen molar-refractivity contribution >= 4 is 5.91 Å². The van der Waals surface area contributed by atoms with Crippen LogP contribution in [0.1, 0.15) is 38.8 Å². The van der Waals surface area contributed by atoms with Gasteiger partial charge in [-0.2, -0.15) is 0 Å². The maximum absolute atomic E-state index is 11.6. The second-order valence-corrected chi connectivity index (χ2v) is 4.74. The maximum Gasteiger partial charge on any atom is 0.239 e. The first kappa shape index (κ1) is 15.7. The summed E-state index contributed by atoms with van der Waals surface area (Å²) >= 11 is 0. The quantitative estimate of drug-likeness (QED) is 0.628. The van der Waals surface area contributed by atoms with Crippen molar-refractivity contribution in [1.82, 2.24) is 20.2 Å². The fourth-order valence-corrected chi connectivity index (χ4v) is 1.77. The average molecular weight is 266 g/mol. The molecule has 1 amide bonds. The summed E-state index contributed by atoms with van der Waals surface area (Å²) in [5, 5.41) is 6.24. The monoisotopic (exact) mass is 266 g/mol. The van der Waals surface area contributed by atoms with E-state index in [1.54, 1.807) is 6.33 Å². The Hall–Kier alpha value is -1.36. The summed E-state index contributed by atoms with van der Waals surface area (Å²) in [6.45, 7) is 7.37. The molecule has 0 bridgehead atoms. The number of imidazole rings is 1. The van der Waals surface area contributed by atoms with Crippen LogP contribution >= 0.6 is 0 Å². The van der Waals surface area contributed by atoms with Crippen molar-refractivity contribution in [3.63, 3.8) is 0 Å². The van der Waals surface area contributed by atoms with Crippen LogP contribution < -0.4 is 10.6 Å². The molecule has 0 unspecified atom stereocenters. The van der Waals surface area contributed by atoms with Crippen molar-refractivity contribution in [2.75, 3.05) is 19.6 Å². The Kier molecular flexibility index (Phi) is 7.89. The Morgan fingerprint density at radius 3 is 2.84 bits per heavy atom. The van der Waals surface area contributed by atoms with Crippen LogP contribution in [0.5, 0.6) is 0 Å². The standard InChI is InChI=1S/C14H26N4O/c1-3-5-8-16-14(19)11-18-10-13(17-12-18)6-9-15-7-4-2/h10,12,15H,3-9,11H2,1-2H3,(H,16,19). The van der Waals surface area contributed by atoms with Crippen molar-refractivity contribution in [3.05, 3.63) is 18.2 Å². The number of carbonyl (C=O) groups is 1. The molecule has 5 heteroatoms. The van der Waals surface area contributed by atoms with E-state index < -0.39 is 0 Å². The van der Waals surface area contributed by atoms with Crippen molar-refractivity contribution < 1.29 is 4.79 Å². The van der Waals surface area contributed by atoms with Crippen molar-refractivity contribution in [3.8, 4) is 0 Å². The summed E-state index contributed by atoms with van der Waals surface area (Å²) in [5.74, 6) is 0.0570. The summed E-state index contributed by atoms with van der Waals surface area (Å²) in [4.78, 5) is 15.9. The van der Waals surface area contributed by atoms with Crippen LogP contribution in [0.3, 0.4) is 0 Å². The van der Waals surface area contributed by atoms with E-state index in [1.807, 2.05) is 10.8 Å². The summed E-state index contributed by atoms with van der Waals surface area (Å²) in [6.07, 6.45) is 7.86. The van der Waals surface area contributed by atoms with E-state index in [4.69, 9.17) is 0 Å². The molecule has 0 radical (unpaired) electrons. The molecule has 2 N–H and O–H groups in total. The van der Waals surface area contributed by atoms with E-state index in [-0.39, 0.29) is 5.91 Å². The molecule has 0 aromatic carbocycles. The number of nitrogens with zero attached hydrogens (tertiary/aromatic N) is 2. The number of aromatic nitrogens is 2. The van der Waals surface area contributed by atoms with E-state index >= 15 is 0 Å². The molecule has 0 atom stereocenters. The molecular formula is C14H26N4O. The predicted octanol–water partition coefficient (Wildman–Crippen LogP) is 1.34. The zero-order chi connectivity index (χ0) is 13.9. The number of hydrogen-bond donors (Lipinski definition) is 2. The fourth-order valence-electron chi connectivity index (χ4n) is 1.77. The van der Waals surface area contributed by atoms with Gasteiger partial charge in [-0.15, -0.1) is 0 Å². The molecular weight excluding hydrogens is 240 g/mol. The number of rotatable bonds is 10. The average Bonchev–Trinajstić information content (AvgIpc) is 2.82. The molecule has 1 rings (SSSR count). The lowest BCUT2D eigenvalue weighted by Crippen LogP contribution is -2.27. The molecule has 0 aliphatic carbocycles. The first-order valence-electron chi connectivity index (χ1n) is 7.24. The third-order valence-electron chi connectivity index (χ3n) is 2.85. The molecule has 5 nitrogen and oxygen atoms in total. The lowest BCUT2D eigenvalue weighted by molar-refractivity contribution is -0.121. The summed E-state index contributed by atoms with van der Waals surface area (Å²) in [6, 6.07) is 0. The Labute approximate surface area is 115 Å². The predicted molar refractivity (Wildman–Crippen MR) is 77.0 cm³/mol. The Morgan fingerprint density at radius 2 is 2.11 bits per heavy atom. The van der Waals surface area contributed by atoms with Crippen LogP contribution in [0.25, 0.3) is 0 Å². The third kappa shape index (κ3) is 6.96. The number of hydrogen-bond acceptors (Lipinski definition) is 3. The minimum atomic E-state index is 0.0570. The maximum atomic E-state index is 11.6. The van der Waals surface area contributed by atoms with Crippen LogP contribution in [-0.2, 0) is 17.8 Å². The van der Waals surface area contributed by atoms with Crippen LogP contribution in [0.4, 0.5) is 0 Å². The van der Waals surface area contributed by atoms with Crippen molar-refractivity contribution in [2.45, 2.75) is 46.1 Å². The number of amides is 1. The lowest BCUT2D eigenvalue weighted by atomic mass is 10.3. The van der Waals surface area contributed by atoms with Gasteiger partial charge in [0, 0.05) is 25.7 Å². The zero-order valence-corrected chi connectivity index (χ0v) is 12.1. The SMILES string of the molecule is CCCCNC(=O)Cn1cnc(CCNCCC)c1. The highest BCUT2D eigenvalue weighted by Crippen LogP contribution is 1.97. The van der Waals surface area contributed by atoms with Gasteiger partial charge in [0.15, 0.2) is 0 Å². The molecule has 0 aliphatic rings. The summed E-state index contributed by atoms with van der Waals surface area (Å²) in [5.41, 5.74) is 1.03. The highest BCUT2D eigenvalue weighted by molar-refractivity contribution is 5.75. The molecule has 1 aromatic heterocycles. The van der Waals surface area contributed by atoms with Gasteiger partial charge < -0.3 is 15.2 Å². The molecule has 0 aliphatic heterocycles. The van der Waals surface area contributed by atoms with Gasteiger partial charge in [-0.1, -0.05) is 20.3 Å². The van der Waals surface area contributed by atoms with Gasteiger partial charge in [0.1, 0.15) is 6.54 Å². The minimum Gasteiger partial charge on any atom is -0.355 e. The van der Waals surface area contributed by atoms with Crippen LogP contribution in [0.15, 0.2) is 12.5 Å². The summed E-state index contributed by atoms with van der Waals surface area (Å²) in [7, 11) is 0. The molecule has 0 fully saturated rings. The van der Waals surface area contributed by atoms with Gasteiger partial charge >= 0.3 is 0 Å². The Morgan fingerprint density at radius 1 is 1.26 bits per heavy atom. The van der Waals surface area contributed by atoms with E-state index in [0.717, 1.165) is 51.0 Å². The topological polar surface area (TPSA) is 59.0 Å². The second kappa shape index (κ2) is 9.55. The smallest absolute Gasteiger partial charge is 0.239 e. The largest absolute Gasteiger partial charge is 0.355 e. The van der Waals surface area contributed by atoms with Crippen LogP contribution in [0, 0.1) is 0 Å². The molecule has 1 heterocycles. The van der Waals surface area contributed by atoms with Gasteiger partial charge in [0.25, 0.3) is 0 Å². The van der Waals surface area contributed by atoms with Gasteiger partial charge in [-0.25, -0.2) is 4.98 Å². The molecule has 1 aromatic rings.